The lowest BCUT2D eigenvalue weighted by Crippen LogP contribution is -2.16. The minimum absolute atomic E-state index is 0.250. The largest absolute Gasteiger partial charge is 0.462 e. The number of carbonyl (C=O) groups is 1. The molecule has 82 valence electrons. The molecule has 0 spiro atoms. The highest BCUT2D eigenvalue weighted by Gasteiger charge is 2.16. The van der Waals surface area contributed by atoms with Gasteiger partial charge in [0.1, 0.15) is 0 Å². The van der Waals surface area contributed by atoms with Gasteiger partial charge in [0.05, 0.1) is 6.61 Å². The second kappa shape index (κ2) is 7.56. The summed E-state index contributed by atoms with van der Waals surface area (Å²) < 4.78 is 5.01. The van der Waals surface area contributed by atoms with Crippen molar-refractivity contribution >= 4 is 5.97 Å². The Bertz CT molecular complexity index is 186. The van der Waals surface area contributed by atoms with Gasteiger partial charge in [-0.15, -0.1) is 0 Å². The number of hydrogen-bond donors (Lipinski definition) is 1. The number of carbonyl (C=O) groups excluding carboxylic acids is 1. The van der Waals surface area contributed by atoms with Gasteiger partial charge in [-0.1, -0.05) is 20.4 Å². The summed E-state index contributed by atoms with van der Waals surface area (Å²) in [5.74, 6) is -0.0208. The summed E-state index contributed by atoms with van der Waals surface area (Å²) in [4.78, 5) is 11.4. The molecule has 2 N–H and O–H groups in total. The van der Waals surface area contributed by atoms with Crippen LogP contribution < -0.4 is 5.73 Å². The Kier molecular flexibility index (Phi) is 7.11. The Morgan fingerprint density at radius 2 is 2.00 bits per heavy atom. The van der Waals surface area contributed by atoms with E-state index in [1.807, 2.05) is 13.8 Å². The lowest BCUT2D eigenvalue weighted by atomic mass is 9.95. The Morgan fingerprint density at radius 1 is 1.43 bits per heavy atom. The molecule has 0 aromatic rings. The van der Waals surface area contributed by atoms with Gasteiger partial charge in [-0.25, -0.2) is 4.79 Å². The Balaban J connectivity index is 3.91. The predicted octanol–water partition coefficient (Wildman–Crippen LogP) is 1.87. The van der Waals surface area contributed by atoms with Crippen LogP contribution in [0, 0.1) is 5.92 Å². The van der Waals surface area contributed by atoms with Gasteiger partial charge in [0.15, 0.2) is 0 Å². The number of esters is 1. The second-order valence-electron chi connectivity index (χ2n) is 3.32. The van der Waals surface area contributed by atoms with E-state index in [2.05, 4.69) is 6.58 Å². The van der Waals surface area contributed by atoms with Crippen molar-refractivity contribution in [1.29, 1.82) is 0 Å². The SMILES string of the molecule is C=C(C(=O)OCCCN)C(CC)CC. The molecule has 0 saturated heterocycles. The monoisotopic (exact) mass is 199 g/mol. The third kappa shape index (κ3) is 4.42. The van der Waals surface area contributed by atoms with Crippen molar-refractivity contribution in [3.63, 3.8) is 0 Å². The molecule has 0 aromatic carbocycles. The van der Waals surface area contributed by atoms with E-state index < -0.39 is 0 Å². The normalized spacial score (nSPS) is 10.3. The smallest absolute Gasteiger partial charge is 0.333 e. The predicted molar refractivity (Wildman–Crippen MR) is 57.8 cm³/mol. The molecule has 0 saturated carbocycles. The van der Waals surface area contributed by atoms with E-state index in [9.17, 15) is 4.79 Å². The van der Waals surface area contributed by atoms with Crippen LogP contribution in [0.3, 0.4) is 0 Å². The van der Waals surface area contributed by atoms with E-state index in [1.165, 1.54) is 0 Å². The third-order valence-electron chi connectivity index (χ3n) is 2.32. The molecule has 0 aromatic heterocycles. The van der Waals surface area contributed by atoms with E-state index in [1.54, 1.807) is 0 Å². The van der Waals surface area contributed by atoms with Crippen molar-refractivity contribution in [2.24, 2.45) is 11.7 Å². The minimum atomic E-state index is -0.271. The highest BCUT2D eigenvalue weighted by Crippen LogP contribution is 2.18. The first kappa shape index (κ1) is 13.2. The summed E-state index contributed by atoms with van der Waals surface area (Å²) in [7, 11) is 0. The maximum atomic E-state index is 11.4. The van der Waals surface area contributed by atoms with Crippen LogP contribution in [0.5, 0.6) is 0 Å². The number of hydrogen-bond acceptors (Lipinski definition) is 3. The van der Waals surface area contributed by atoms with Crippen LogP contribution in [0.25, 0.3) is 0 Å². The molecule has 0 atom stereocenters. The molecular formula is C11H21NO2. The summed E-state index contributed by atoms with van der Waals surface area (Å²) in [5.41, 5.74) is 5.88. The Hall–Kier alpha value is -0.830. The maximum absolute atomic E-state index is 11.4. The molecule has 0 rings (SSSR count). The summed E-state index contributed by atoms with van der Waals surface area (Å²) in [6, 6.07) is 0. The van der Waals surface area contributed by atoms with Gasteiger partial charge in [-0.05, 0) is 31.7 Å². The molecule has 0 heterocycles. The zero-order valence-corrected chi connectivity index (χ0v) is 9.21. The van der Waals surface area contributed by atoms with Gasteiger partial charge < -0.3 is 10.5 Å². The molecule has 0 radical (unpaired) electrons. The standard InChI is InChI=1S/C11H21NO2/c1-4-10(5-2)9(3)11(13)14-8-6-7-12/h10H,3-8,12H2,1-2H3. The fourth-order valence-electron chi connectivity index (χ4n) is 1.29. The van der Waals surface area contributed by atoms with Crippen LogP contribution in [0.15, 0.2) is 12.2 Å². The molecule has 3 nitrogen and oxygen atoms in total. The summed E-state index contributed by atoms with van der Waals surface area (Å²) in [5, 5.41) is 0. The molecule has 0 amide bonds. The molecule has 0 bridgehead atoms. The highest BCUT2D eigenvalue weighted by atomic mass is 16.5. The first-order valence-corrected chi connectivity index (χ1v) is 5.23. The number of ether oxygens (including phenoxy) is 1. The zero-order valence-electron chi connectivity index (χ0n) is 9.21. The first-order chi connectivity index (χ1) is 6.67. The molecule has 0 unspecified atom stereocenters. The van der Waals surface area contributed by atoms with E-state index >= 15 is 0 Å². The summed E-state index contributed by atoms with van der Waals surface area (Å²) in [6.07, 6.45) is 2.57. The topological polar surface area (TPSA) is 52.3 Å². The van der Waals surface area contributed by atoms with Crippen molar-refractivity contribution in [2.45, 2.75) is 33.1 Å². The van der Waals surface area contributed by atoms with E-state index in [0.717, 1.165) is 12.8 Å². The van der Waals surface area contributed by atoms with Crippen LogP contribution in [0.1, 0.15) is 33.1 Å². The molecule has 0 aliphatic heterocycles. The van der Waals surface area contributed by atoms with Crippen LogP contribution in [-0.4, -0.2) is 19.1 Å². The third-order valence-corrected chi connectivity index (χ3v) is 2.32. The van der Waals surface area contributed by atoms with Crippen molar-refractivity contribution in [3.8, 4) is 0 Å². The zero-order chi connectivity index (χ0) is 11.0. The fourth-order valence-corrected chi connectivity index (χ4v) is 1.29. The van der Waals surface area contributed by atoms with Crippen LogP contribution >= 0.6 is 0 Å². The maximum Gasteiger partial charge on any atom is 0.333 e. The number of rotatable bonds is 7. The van der Waals surface area contributed by atoms with Gasteiger partial charge in [0.2, 0.25) is 0 Å². The molecule has 14 heavy (non-hydrogen) atoms. The van der Waals surface area contributed by atoms with Crippen molar-refractivity contribution < 1.29 is 9.53 Å². The lowest BCUT2D eigenvalue weighted by molar-refractivity contribution is -0.139. The van der Waals surface area contributed by atoms with E-state index in [0.29, 0.717) is 25.1 Å². The summed E-state index contributed by atoms with van der Waals surface area (Å²) in [6.45, 7) is 8.81. The van der Waals surface area contributed by atoms with Gasteiger partial charge in [-0.3, -0.25) is 0 Å². The van der Waals surface area contributed by atoms with Gasteiger partial charge in [0.25, 0.3) is 0 Å². The van der Waals surface area contributed by atoms with Crippen molar-refractivity contribution in [2.75, 3.05) is 13.2 Å². The molecule has 0 fully saturated rings. The molecule has 0 aliphatic carbocycles. The second-order valence-corrected chi connectivity index (χ2v) is 3.32. The molecule has 3 heteroatoms. The lowest BCUT2D eigenvalue weighted by Gasteiger charge is -2.14. The Labute approximate surface area is 86.3 Å². The minimum Gasteiger partial charge on any atom is -0.462 e. The van der Waals surface area contributed by atoms with Gasteiger partial charge in [0, 0.05) is 5.57 Å². The van der Waals surface area contributed by atoms with Crippen LogP contribution in [-0.2, 0) is 9.53 Å². The average Bonchev–Trinajstić information content (AvgIpc) is 2.19. The van der Waals surface area contributed by atoms with Crippen molar-refractivity contribution in [3.05, 3.63) is 12.2 Å². The molecule has 0 aliphatic rings. The van der Waals surface area contributed by atoms with E-state index in [-0.39, 0.29) is 11.9 Å². The highest BCUT2D eigenvalue weighted by molar-refractivity contribution is 5.88. The van der Waals surface area contributed by atoms with Crippen LogP contribution in [0.2, 0.25) is 0 Å². The summed E-state index contributed by atoms with van der Waals surface area (Å²) >= 11 is 0. The van der Waals surface area contributed by atoms with E-state index in [4.69, 9.17) is 10.5 Å². The quantitative estimate of drug-likeness (QED) is 0.387. The Morgan fingerprint density at radius 3 is 2.43 bits per heavy atom. The van der Waals surface area contributed by atoms with Crippen LogP contribution in [0.4, 0.5) is 0 Å². The average molecular weight is 199 g/mol. The first-order valence-electron chi connectivity index (χ1n) is 5.23. The van der Waals surface area contributed by atoms with Crippen molar-refractivity contribution in [1.82, 2.24) is 0 Å². The van der Waals surface area contributed by atoms with Gasteiger partial charge >= 0.3 is 5.97 Å². The van der Waals surface area contributed by atoms with Gasteiger partial charge in [-0.2, -0.15) is 0 Å². The fraction of sp³-hybridized carbons (Fsp3) is 0.727. The molecular weight excluding hydrogens is 178 g/mol. The number of nitrogens with two attached hydrogens (primary N) is 1.